The summed E-state index contributed by atoms with van der Waals surface area (Å²) in [6, 6.07) is 10.8. The van der Waals surface area contributed by atoms with E-state index in [0.29, 0.717) is 24.4 Å². The van der Waals surface area contributed by atoms with E-state index in [2.05, 4.69) is 11.4 Å². The van der Waals surface area contributed by atoms with Gasteiger partial charge in [0, 0.05) is 5.69 Å². The van der Waals surface area contributed by atoms with Crippen molar-refractivity contribution in [3.8, 4) is 0 Å². The van der Waals surface area contributed by atoms with E-state index in [9.17, 15) is 9.59 Å². The number of esters is 1. The molecule has 1 unspecified atom stereocenters. The smallest absolute Gasteiger partial charge is 0.338 e. The van der Waals surface area contributed by atoms with Gasteiger partial charge in [0.1, 0.15) is 6.54 Å². The maximum atomic E-state index is 12.1. The Balaban J connectivity index is 1.83. The van der Waals surface area contributed by atoms with Crippen LogP contribution in [0.5, 0.6) is 0 Å². The highest BCUT2D eigenvalue weighted by molar-refractivity contribution is 7.09. The third kappa shape index (κ3) is 5.50. The molecule has 2 N–H and O–H groups in total. The zero-order valence-corrected chi connectivity index (χ0v) is 14.1. The maximum absolute atomic E-state index is 12.1. The zero-order valence-electron chi connectivity index (χ0n) is 13.3. The van der Waals surface area contributed by atoms with Crippen molar-refractivity contribution in [1.82, 2.24) is 0 Å². The lowest BCUT2D eigenvalue weighted by atomic mass is 10.2. The van der Waals surface area contributed by atoms with E-state index in [1.807, 2.05) is 18.5 Å². The standard InChI is InChI=1S/C17H20N2O3S/c1-3-22-17(21)13-6-8-14(9-7-13)18-16(20)12-19(2)11-15-5-4-10-23-15/h4-10H,3,11-12H2,1-2H3,(H,18,20)/p+1. The van der Waals surface area contributed by atoms with Gasteiger partial charge in [0.25, 0.3) is 5.91 Å². The van der Waals surface area contributed by atoms with Crippen molar-refractivity contribution in [2.75, 3.05) is 25.5 Å². The number of benzene rings is 1. The molecule has 0 radical (unpaired) electrons. The molecule has 6 heteroatoms. The molecule has 2 aromatic rings. The number of rotatable bonds is 7. The minimum atomic E-state index is -0.356. The third-order valence-corrected chi connectivity index (χ3v) is 4.07. The number of hydrogen-bond acceptors (Lipinski definition) is 4. The molecular weight excluding hydrogens is 312 g/mol. The summed E-state index contributed by atoms with van der Waals surface area (Å²) in [6.07, 6.45) is 0. The molecular formula is C17H21N2O3S+. The molecule has 0 fully saturated rings. The minimum absolute atomic E-state index is 0.0528. The number of hydrogen-bond donors (Lipinski definition) is 2. The Kier molecular flexibility index (Phi) is 6.31. The second-order valence-electron chi connectivity index (χ2n) is 5.24. The van der Waals surface area contributed by atoms with Crippen LogP contribution in [0.25, 0.3) is 0 Å². The van der Waals surface area contributed by atoms with Gasteiger partial charge in [-0.05, 0) is 42.6 Å². The van der Waals surface area contributed by atoms with Crippen LogP contribution in [0.15, 0.2) is 41.8 Å². The van der Waals surface area contributed by atoms with Crippen LogP contribution in [0.4, 0.5) is 5.69 Å². The van der Waals surface area contributed by atoms with Gasteiger partial charge in [-0.25, -0.2) is 4.79 Å². The molecule has 1 amide bonds. The van der Waals surface area contributed by atoms with E-state index >= 15 is 0 Å². The molecule has 2 rings (SSSR count). The normalized spacial score (nSPS) is 11.7. The van der Waals surface area contributed by atoms with Crippen molar-refractivity contribution in [3.05, 3.63) is 52.2 Å². The second-order valence-corrected chi connectivity index (χ2v) is 6.27. The highest BCUT2D eigenvalue weighted by atomic mass is 32.1. The Morgan fingerprint density at radius 2 is 1.96 bits per heavy atom. The topological polar surface area (TPSA) is 59.8 Å². The Morgan fingerprint density at radius 1 is 1.22 bits per heavy atom. The van der Waals surface area contributed by atoms with Gasteiger partial charge in [0.2, 0.25) is 0 Å². The van der Waals surface area contributed by atoms with Crippen LogP contribution >= 0.6 is 11.3 Å². The predicted octanol–water partition coefficient (Wildman–Crippen LogP) is 1.58. The van der Waals surface area contributed by atoms with Gasteiger partial charge < -0.3 is 15.0 Å². The zero-order chi connectivity index (χ0) is 16.7. The Labute approximate surface area is 139 Å². The van der Waals surface area contributed by atoms with Crippen molar-refractivity contribution >= 4 is 28.9 Å². The highest BCUT2D eigenvalue weighted by Gasteiger charge is 2.12. The highest BCUT2D eigenvalue weighted by Crippen LogP contribution is 2.10. The number of ether oxygens (including phenoxy) is 1. The van der Waals surface area contributed by atoms with E-state index in [1.54, 1.807) is 42.5 Å². The van der Waals surface area contributed by atoms with Gasteiger partial charge in [-0.2, -0.15) is 0 Å². The SMILES string of the molecule is CCOC(=O)c1ccc(NC(=O)C[NH+](C)Cc2cccs2)cc1. The van der Waals surface area contributed by atoms with Crippen LogP contribution in [0, 0.1) is 0 Å². The second kappa shape index (κ2) is 8.45. The van der Waals surface area contributed by atoms with E-state index < -0.39 is 0 Å². The van der Waals surface area contributed by atoms with Crippen LogP contribution in [0.1, 0.15) is 22.2 Å². The van der Waals surface area contributed by atoms with Gasteiger partial charge in [-0.3, -0.25) is 4.79 Å². The summed E-state index contributed by atoms with van der Waals surface area (Å²) >= 11 is 1.69. The lowest BCUT2D eigenvalue weighted by molar-refractivity contribution is -0.884. The number of quaternary nitrogens is 1. The molecule has 0 aliphatic rings. The fourth-order valence-corrected chi connectivity index (χ4v) is 2.98. The number of likely N-dealkylation sites (N-methyl/N-ethyl adjacent to an activating group) is 1. The van der Waals surface area contributed by atoms with Gasteiger partial charge >= 0.3 is 5.97 Å². The van der Waals surface area contributed by atoms with E-state index in [0.717, 1.165) is 11.4 Å². The Bertz CT molecular complexity index is 638. The molecule has 122 valence electrons. The number of carbonyl (C=O) groups excluding carboxylic acids is 2. The number of carbonyl (C=O) groups is 2. The van der Waals surface area contributed by atoms with Crippen molar-refractivity contribution in [2.24, 2.45) is 0 Å². The largest absolute Gasteiger partial charge is 0.462 e. The molecule has 0 aliphatic carbocycles. The number of nitrogens with one attached hydrogen (secondary N) is 2. The molecule has 1 heterocycles. The summed E-state index contributed by atoms with van der Waals surface area (Å²) in [6.45, 7) is 3.32. The number of thiophene rings is 1. The fourth-order valence-electron chi connectivity index (χ4n) is 2.16. The summed E-state index contributed by atoms with van der Waals surface area (Å²) < 4.78 is 4.92. The van der Waals surface area contributed by atoms with Gasteiger partial charge in [-0.15, -0.1) is 11.3 Å². The third-order valence-electron chi connectivity index (χ3n) is 3.20. The van der Waals surface area contributed by atoms with Crippen molar-refractivity contribution in [3.63, 3.8) is 0 Å². The van der Waals surface area contributed by atoms with E-state index in [1.165, 1.54) is 4.88 Å². The number of anilines is 1. The molecule has 0 aliphatic heterocycles. The van der Waals surface area contributed by atoms with Gasteiger partial charge in [0.05, 0.1) is 24.1 Å². The first kappa shape index (κ1) is 17.2. The first-order chi connectivity index (χ1) is 11.1. The molecule has 1 aromatic heterocycles. The van der Waals surface area contributed by atoms with Crippen LogP contribution in [0.2, 0.25) is 0 Å². The van der Waals surface area contributed by atoms with Gasteiger partial charge in [0.15, 0.2) is 6.54 Å². The quantitative estimate of drug-likeness (QED) is 0.756. The molecule has 23 heavy (non-hydrogen) atoms. The first-order valence-electron chi connectivity index (χ1n) is 7.49. The Morgan fingerprint density at radius 3 is 2.57 bits per heavy atom. The Hall–Kier alpha value is -2.18. The lowest BCUT2D eigenvalue weighted by Gasteiger charge is -2.13. The van der Waals surface area contributed by atoms with E-state index in [-0.39, 0.29) is 11.9 Å². The molecule has 0 bridgehead atoms. The average molecular weight is 333 g/mol. The molecule has 0 saturated carbocycles. The molecule has 0 spiro atoms. The van der Waals surface area contributed by atoms with Crippen LogP contribution in [-0.2, 0) is 16.1 Å². The fraction of sp³-hybridized carbons (Fsp3) is 0.294. The molecule has 0 saturated heterocycles. The van der Waals surface area contributed by atoms with Crippen molar-refractivity contribution < 1.29 is 19.2 Å². The summed E-state index contributed by atoms with van der Waals surface area (Å²) in [5, 5.41) is 4.88. The first-order valence-corrected chi connectivity index (χ1v) is 8.37. The number of amides is 1. The molecule has 5 nitrogen and oxygen atoms in total. The molecule has 1 aromatic carbocycles. The minimum Gasteiger partial charge on any atom is -0.462 e. The predicted molar refractivity (Wildman–Crippen MR) is 90.8 cm³/mol. The van der Waals surface area contributed by atoms with Crippen molar-refractivity contribution in [2.45, 2.75) is 13.5 Å². The lowest BCUT2D eigenvalue weighted by Crippen LogP contribution is -3.08. The van der Waals surface area contributed by atoms with Gasteiger partial charge in [-0.1, -0.05) is 6.07 Å². The maximum Gasteiger partial charge on any atom is 0.338 e. The average Bonchev–Trinajstić information content (AvgIpc) is 3.00. The van der Waals surface area contributed by atoms with Crippen molar-refractivity contribution in [1.29, 1.82) is 0 Å². The summed E-state index contributed by atoms with van der Waals surface area (Å²) in [4.78, 5) is 26.0. The summed E-state index contributed by atoms with van der Waals surface area (Å²) in [7, 11) is 1.99. The summed E-state index contributed by atoms with van der Waals surface area (Å²) in [5.74, 6) is -0.409. The summed E-state index contributed by atoms with van der Waals surface area (Å²) in [5.41, 5.74) is 1.15. The monoisotopic (exact) mass is 333 g/mol. The van der Waals surface area contributed by atoms with Crippen LogP contribution in [-0.4, -0.2) is 32.1 Å². The van der Waals surface area contributed by atoms with Crippen LogP contribution in [0.3, 0.4) is 0 Å². The van der Waals surface area contributed by atoms with Crippen LogP contribution < -0.4 is 10.2 Å². The van der Waals surface area contributed by atoms with E-state index in [4.69, 9.17) is 4.74 Å². The molecule has 1 atom stereocenters.